The molecule has 0 aliphatic heterocycles. The van der Waals surface area contributed by atoms with E-state index in [0.717, 1.165) is 11.1 Å². The minimum atomic E-state index is 0.365. The third-order valence-electron chi connectivity index (χ3n) is 2.38. The maximum absolute atomic E-state index is 6.10. The smallest absolute Gasteiger partial charge is 0.138 e. The van der Waals surface area contributed by atoms with E-state index in [9.17, 15) is 0 Å². The second kappa shape index (κ2) is 4.45. The molecule has 0 bridgehead atoms. The van der Waals surface area contributed by atoms with Crippen LogP contribution in [-0.2, 0) is 6.54 Å². The van der Waals surface area contributed by atoms with Gasteiger partial charge in [-0.3, -0.25) is 0 Å². The fourth-order valence-corrected chi connectivity index (χ4v) is 2.02. The first-order valence-corrected chi connectivity index (χ1v) is 5.49. The maximum Gasteiger partial charge on any atom is 0.138 e. The third-order valence-corrected chi connectivity index (χ3v) is 2.92. The average Bonchev–Trinajstić information content (AvgIpc) is 2.59. The first kappa shape index (κ1) is 11.5. The lowest BCUT2D eigenvalue weighted by Gasteiger charge is -2.02. The van der Waals surface area contributed by atoms with Crippen LogP contribution in [0, 0.1) is 6.92 Å². The molecule has 2 aromatic rings. The van der Waals surface area contributed by atoms with Crippen LogP contribution >= 0.6 is 23.2 Å². The predicted octanol–water partition coefficient (Wildman–Crippen LogP) is 3.42. The van der Waals surface area contributed by atoms with Gasteiger partial charge in [-0.1, -0.05) is 28.4 Å². The van der Waals surface area contributed by atoms with Crippen LogP contribution in [0.15, 0.2) is 22.7 Å². The zero-order valence-corrected chi connectivity index (χ0v) is 10.1. The zero-order valence-electron chi connectivity index (χ0n) is 8.63. The monoisotopic (exact) mass is 256 g/mol. The van der Waals surface area contributed by atoms with Gasteiger partial charge in [-0.15, -0.1) is 0 Å². The SMILES string of the molecule is Cc1onc(-c2ccc(Cl)cc2Cl)c1CN. The summed E-state index contributed by atoms with van der Waals surface area (Å²) < 4.78 is 5.10. The number of aromatic nitrogens is 1. The number of aryl methyl sites for hydroxylation is 1. The molecule has 0 aliphatic rings. The van der Waals surface area contributed by atoms with Gasteiger partial charge in [0.05, 0.1) is 5.02 Å². The lowest BCUT2D eigenvalue weighted by molar-refractivity contribution is 0.398. The number of benzene rings is 1. The van der Waals surface area contributed by atoms with Crippen LogP contribution in [-0.4, -0.2) is 5.16 Å². The van der Waals surface area contributed by atoms with Crippen molar-refractivity contribution in [3.05, 3.63) is 39.6 Å². The quantitative estimate of drug-likeness (QED) is 0.896. The predicted molar refractivity (Wildman–Crippen MR) is 64.6 cm³/mol. The van der Waals surface area contributed by atoms with E-state index < -0.39 is 0 Å². The Morgan fingerprint density at radius 3 is 2.75 bits per heavy atom. The molecule has 0 aliphatic carbocycles. The molecule has 0 radical (unpaired) electrons. The van der Waals surface area contributed by atoms with E-state index in [-0.39, 0.29) is 0 Å². The molecule has 1 heterocycles. The largest absolute Gasteiger partial charge is 0.361 e. The normalized spacial score (nSPS) is 10.8. The summed E-state index contributed by atoms with van der Waals surface area (Å²) in [7, 11) is 0. The summed E-state index contributed by atoms with van der Waals surface area (Å²) in [6.07, 6.45) is 0. The van der Waals surface area contributed by atoms with Crippen molar-refractivity contribution in [2.24, 2.45) is 5.73 Å². The van der Waals surface area contributed by atoms with E-state index in [0.29, 0.717) is 28.0 Å². The summed E-state index contributed by atoms with van der Waals surface area (Å²) in [6.45, 7) is 2.19. The van der Waals surface area contributed by atoms with Crippen molar-refractivity contribution >= 4 is 23.2 Å². The van der Waals surface area contributed by atoms with Crippen LogP contribution in [0.3, 0.4) is 0 Å². The Labute approximate surface area is 103 Å². The summed E-state index contributed by atoms with van der Waals surface area (Å²) in [5, 5.41) is 5.09. The third kappa shape index (κ3) is 1.94. The van der Waals surface area contributed by atoms with E-state index in [1.165, 1.54) is 0 Å². The molecule has 0 unspecified atom stereocenters. The molecule has 0 saturated carbocycles. The molecule has 0 spiro atoms. The molecule has 5 heteroatoms. The van der Waals surface area contributed by atoms with Crippen LogP contribution < -0.4 is 5.73 Å². The molecule has 1 aromatic heterocycles. The molecule has 2 rings (SSSR count). The summed E-state index contributed by atoms with van der Waals surface area (Å²) in [5.74, 6) is 0.712. The molecule has 84 valence electrons. The maximum atomic E-state index is 6.10. The second-order valence-electron chi connectivity index (χ2n) is 3.39. The molecule has 2 N–H and O–H groups in total. The van der Waals surface area contributed by atoms with E-state index in [2.05, 4.69) is 5.16 Å². The summed E-state index contributed by atoms with van der Waals surface area (Å²) in [6, 6.07) is 5.23. The Hall–Kier alpha value is -1.03. The highest BCUT2D eigenvalue weighted by molar-refractivity contribution is 6.36. The molecular weight excluding hydrogens is 247 g/mol. The number of hydrogen-bond acceptors (Lipinski definition) is 3. The van der Waals surface area contributed by atoms with Gasteiger partial charge in [-0.2, -0.15) is 0 Å². The number of rotatable bonds is 2. The van der Waals surface area contributed by atoms with Crippen molar-refractivity contribution in [1.82, 2.24) is 5.16 Å². The van der Waals surface area contributed by atoms with Crippen LogP contribution in [0.5, 0.6) is 0 Å². The van der Waals surface area contributed by atoms with E-state index in [4.69, 9.17) is 33.5 Å². The van der Waals surface area contributed by atoms with Crippen LogP contribution in [0.25, 0.3) is 11.3 Å². The second-order valence-corrected chi connectivity index (χ2v) is 4.24. The topological polar surface area (TPSA) is 52.0 Å². The van der Waals surface area contributed by atoms with Crippen molar-refractivity contribution in [1.29, 1.82) is 0 Å². The molecule has 0 saturated heterocycles. The van der Waals surface area contributed by atoms with E-state index >= 15 is 0 Å². The van der Waals surface area contributed by atoms with Crippen molar-refractivity contribution in [3.8, 4) is 11.3 Å². The minimum absolute atomic E-state index is 0.365. The molecular formula is C11H10Cl2N2O. The Balaban J connectivity index is 2.58. The Bertz CT molecular complexity index is 523. The van der Waals surface area contributed by atoms with Crippen molar-refractivity contribution in [2.45, 2.75) is 13.5 Å². The van der Waals surface area contributed by atoms with Gasteiger partial charge in [0.2, 0.25) is 0 Å². The van der Waals surface area contributed by atoms with Gasteiger partial charge in [0, 0.05) is 22.7 Å². The van der Waals surface area contributed by atoms with Crippen LogP contribution in [0.1, 0.15) is 11.3 Å². The van der Waals surface area contributed by atoms with Gasteiger partial charge in [0.1, 0.15) is 11.5 Å². The lowest BCUT2D eigenvalue weighted by atomic mass is 10.1. The first-order valence-electron chi connectivity index (χ1n) is 4.74. The average molecular weight is 257 g/mol. The Morgan fingerprint density at radius 2 is 2.12 bits per heavy atom. The van der Waals surface area contributed by atoms with Gasteiger partial charge in [-0.25, -0.2) is 0 Å². The Morgan fingerprint density at radius 1 is 1.38 bits per heavy atom. The minimum Gasteiger partial charge on any atom is -0.361 e. The summed E-state index contributed by atoms with van der Waals surface area (Å²) in [5.41, 5.74) is 7.97. The van der Waals surface area contributed by atoms with E-state index in [1.54, 1.807) is 18.2 Å². The number of nitrogens with zero attached hydrogens (tertiary/aromatic N) is 1. The molecule has 3 nitrogen and oxygen atoms in total. The molecule has 0 fully saturated rings. The molecule has 0 amide bonds. The lowest BCUT2D eigenvalue weighted by Crippen LogP contribution is -1.98. The van der Waals surface area contributed by atoms with Gasteiger partial charge in [0.15, 0.2) is 0 Å². The van der Waals surface area contributed by atoms with Gasteiger partial charge in [0.25, 0.3) is 0 Å². The van der Waals surface area contributed by atoms with Crippen molar-refractivity contribution in [3.63, 3.8) is 0 Å². The van der Waals surface area contributed by atoms with Gasteiger partial charge < -0.3 is 10.3 Å². The highest BCUT2D eigenvalue weighted by Gasteiger charge is 2.15. The highest BCUT2D eigenvalue weighted by Crippen LogP contribution is 2.32. The van der Waals surface area contributed by atoms with E-state index in [1.807, 2.05) is 6.92 Å². The van der Waals surface area contributed by atoms with Gasteiger partial charge >= 0.3 is 0 Å². The molecule has 1 aromatic carbocycles. The van der Waals surface area contributed by atoms with Gasteiger partial charge in [-0.05, 0) is 25.1 Å². The highest BCUT2D eigenvalue weighted by atomic mass is 35.5. The fraction of sp³-hybridized carbons (Fsp3) is 0.182. The van der Waals surface area contributed by atoms with Crippen LogP contribution in [0.2, 0.25) is 10.0 Å². The number of hydrogen-bond donors (Lipinski definition) is 1. The van der Waals surface area contributed by atoms with Crippen molar-refractivity contribution in [2.75, 3.05) is 0 Å². The fourth-order valence-electron chi connectivity index (χ4n) is 1.52. The number of nitrogens with two attached hydrogens (primary N) is 1. The molecule has 16 heavy (non-hydrogen) atoms. The summed E-state index contributed by atoms with van der Waals surface area (Å²) in [4.78, 5) is 0. The standard InChI is InChI=1S/C11H10Cl2N2O/c1-6-9(5-14)11(15-16-6)8-3-2-7(12)4-10(8)13/h2-4H,5,14H2,1H3. The molecule has 0 atom stereocenters. The van der Waals surface area contributed by atoms with Crippen LogP contribution in [0.4, 0.5) is 0 Å². The number of halogens is 2. The van der Waals surface area contributed by atoms with Crippen molar-refractivity contribution < 1.29 is 4.52 Å². The Kier molecular flexibility index (Phi) is 3.19. The zero-order chi connectivity index (χ0) is 11.7. The first-order chi connectivity index (χ1) is 7.63. The summed E-state index contributed by atoms with van der Waals surface area (Å²) >= 11 is 11.9.